The number of carboxylic acid groups (broad SMARTS) is 1. The van der Waals surface area contributed by atoms with Gasteiger partial charge in [0, 0.05) is 32.7 Å². The summed E-state index contributed by atoms with van der Waals surface area (Å²) >= 11 is 0. The highest BCUT2D eigenvalue weighted by Crippen LogP contribution is 2.25. The molecule has 2 rings (SSSR count). The standard InChI is InChI=1S/C22H36N2O5/c1-3-6-19-17-20(27-2)7-8-21(19)29-15-5-4-9-23-10-12-24(13-11-23)14-16-28-18-22(25)26/h7-8,17H,3-6,9-16,18H2,1-2H3,(H,25,26). The lowest BCUT2D eigenvalue weighted by atomic mass is 10.1. The number of nitrogens with zero attached hydrogens (tertiary/aromatic N) is 2. The van der Waals surface area contributed by atoms with Crippen LogP contribution >= 0.6 is 0 Å². The average molecular weight is 409 g/mol. The van der Waals surface area contributed by atoms with Gasteiger partial charge in [-0.25, -0.2) is 4.79 Å². The van der Waals surface area contributed by atoms with E-state index in [0.717, 1.165) is 83.1 Å². The maximum Gasteiger partial charge on any atom is 0.329 e. The van der Waals surface area contributed by atoms with Gasteiger partial charge in [0.15, 0.2) is 0 Å². The van der Waals surface area contributed by atoms with Gasteiger partial charge in [-0.05, 0) is 49.6 Å². The number of hydrogen-bond acceptors (Lipinski definition) is 6. The highest BCUT2D eigenvalue weighted by Gasteiger charge is 2.16. The SMILES string of the molecule is CCCc1cc(OC)ccc1OCCCCN1CCN(CCOCC(=O)O)CC1. The van der Waals surface area contributed by atoms with E-state index in [1.807, 2.05) is 12.1 Å². The fourth-order valence-corrected chi connectivity index (χ4v) is 3.50. The minimum atomic E-state index is -0.910. The van der Waals surface area contributed by atoms with Crippen molar-refractivity contribution in [3.63, 3.8) is 0 Å². The van der Waals surface area contributed by atoms with E-state index in [0.29, 0.717) is 6.61 Å². The van der Waals surface area contributed by atoms with Crippen molar-refractivity contribution in [1.29, 1.82) is 0 Å². The molecule has 7 nitrogen and oxygen atoms in total. The zero-order valence-corrected chi connectivity index (χ0v) is 17.9. The Balaban J connectivity index is 1.57. The molecular weight excluding hydrogens is 372 g/mol. The van der Waals surface area contributed by atoms with Crippen LogP contribution in [0, 0.1) is 0 Å². The summed E-state index contributed by atoms with van der Waals surface area (Å²) in [7, 11) is 1.69. The second kappa shape index (κ2) is 13.4. The second-order valence-electron chi connectivity index (χ2n) is 7.41. The molecule has 164 valence electrons. The Bertz CT molecular complexity index is 603. The third kappa shape index (κ3) is 9.02. The molecule has 0 amide bonds. The molecule has 7 heteroatoms. The number of methoxy groups -OCH3 is 1. The molecule has 1 saturated heterocycles. The molecule has 0 unspecified atom stereocenters. The van der Waals surface area contributed by atoms with E-state index in [9.17, 15) is 4.79 Å². The van der Waals surface area contributed by atoms with Gasteiger partial charge >= 0.3 is 5.97 Å². The quantitative estimate of drug-likeness (QED) is 0.474. The summed E-state index contributed by atoms with van der Waals surface area (Å²) in [5.41, 5.74) is 1.22. The molecule has 29 heavy (non-hydrogen) atoms. The molecule has 0 atom stereocenters. The van der Waals surface area contributed by atoms with Gasteiger partial charge in [0.05, 0.1) is 20.3 Å². The van der Waals surface area contributed by atoms with Gasteiger partial charge in [-0.15, -0.1) is 0 Å². The van der Waals surface area contributed by atoms with Gasteiger partial charge in [0.25, 0.3) is 0 Å². The molecule has 1 N–H and O–H groups in total. The average Bonchev–Trinajstić information content (AvgIpc) is 2.73. The molecule has 0 aromatic heterocycles. The molecule has 1 aliphatic rings. The molecule has 1 fully saturated rings. The molecular formula is C22H36N2O5. The molecule has 0 spiro atoms. The molecule has 1 heterocycles. The van der Waals surface area contributed by atoms with E-state index in [4.69, 9.17) is 19.3 Å². The Labute approximate surface area is 174 Å². The molecule has 0 aliphatic carbocycles. The number of hydrogen-bond donors (Lipinski definition) is 1. The van der Waals surface area contributed by atoms with Crippen LogP contribution in [0.25, 0.3) is 0 Å². The first kappa shape index (κ1) is 23.4. The van der Waals surface area contributed by atoms with Crippen LogP contribution in [0.3, 0.4) is 0 Å². The lowest BCUT2D eigenvalue weighted by Crippen LogP contribution is -2.47. The Morgan fingerprint density at radius 3 is 2.45 bits per heavy atom. The van der Waals surface area contributed by atoms with Crippen molar-refractivity contribution >= 4 is 5.97 Å². The lowest BCUT2D eigenvalue weighted by molar-refractivity contribution is -0.142. The Morgan fingerprint density at radius 2 is 1.79 bits per heavy atom. The summed E-state index contributed by atoms with van der Waals surface area (Å²) in [4.78, 5) is 15.3. The van der Waals surface area contributed by atoms with Crippen LogP contribution in [0.1, 0.15) is 31.7 Å². The highest BCUT2D eigenvalue weighted by molar-refractivity contribution is 5.67. The second-order valence-corrected chi connectivity index (χ2v) is 7.41. The monoisotopic (exact) mass is 408 g/mol. The van der Waals surface area contributed by atoms with Crippen molar-refractivity contribution in [1.82, 2.24) is 9.80 Å². The third-order valence-electron chi connectivity index (χ3n) is 5.16. The minimum absolute atomic E-state index is 0.210. The van der Waals surface area contributed by atoms with Gasteiger partial charge in [-0.1, -0.05) is 13.3 Å². The van der Waals surface area contributed by atoms with E-state index in [-0.39, 0.29) is 6.61 Å². The van der Waals surface area contributed by atoms with Gasteiger partial charge in [-0.3, -0.25) is 4.90 Å². The number of aliphatic carboxylic acids is 1. The van der Waals surface area contributed by atoms with Crippen molar-refractivity contribution in [2.24, 2.45) is 0 Å². The van der Waals surface area contributed by atoms with Crippen LogP contribution in [0.15, 0.2) is 18.2 Å². The van der Waals surface area contributed by atoms with Crippen LogP contribution in [0.2, 0.25) is 0 Å². The summed E-state index contributed by atoms with van der Waals surface area (Å²) in [6, 6.07) is 6.05. The van der Waals surface area contributed by atoms with E-state index in [1.165, 1.54) is 5.56 Å². The summed E-state index contributed by atoms with van der Waals surface area (Å²) in [5, 5.41) is 8.57. The highest BCUT2D eigenvalue weighted by atomic mass is 16.5. The van der Waals surface area contributed by atoms with Gasteiger partial charge in [0.1, 0.15) is 18.1 Å². The fraction of sp³-hybridized carbons (Fsp3) is 0.682. The van der Waals surface area contributed by atoms with Crippen LogP contribution in [-0.4, -0.2) is 87.1 Å². The maximum atomic E-state index is 10.4. The van der Waals surface area contributed by atoms with Crippen LogP contribution in [0.4, 0.5) is 0 Å². The van der Waals surface area contributed by atoms with Crippen LogP contribution in [-0.2, 0) is 16.0 Å². The van der Waals surface area contributed by atoms with Crippen LogP contribution in [0.5, 0.6) is 11.5 Å². The summed E-state index contributed by atoms with van der Waals surface area (Å²) < 4.78 is 16.5. The number of unbranched alkanes of at least 4 members (excludes halogenated alkanes) is 1. The van der Waals surface area contributed by atoms with Crippen molar-refractivity contribution in [2.45, 2.75) is 32.6 Å². The lowest BCUT2D eigenvalue weighted by Gasteiger charge is -2.34. The summed E-state index contributed by atoms with van der Waals surface area (Å²) in [6.45, 7) is 9.22. The van der Waals surface area contributed by atoms with Crippen LogP contribution < -0.4 is 9.47 Å². The number of carboxylic acids is 1. The predicted molar refractivity (Wildman–Crippen MR) is 113 cm³/mol. The zero-order chi connectivity index (χ0) is 20.9. The smallest absolute Gasteiger partial charge is 0.329 e. The topological polar surface area (TPSA) is 71.5 Å². The Hall–Kier alpha value is -1.83. The van der Waals surface area contributed by atoms with Gasteiger partial charge in [-0.2, -0.15) is 0 Å². The third-order valence-corrected chi connectivity index (χ3v) is 5.16. The molecule has 0 saturated carbocycles. The first-order valence-electron chi connectivity index (χ1n) is 10.7. The van der Waals surface area contributed by atoms with Crippen molar-refractivity contribution in [2.75, 3.05) is 66.2 Å². The summed E-state index contributed by atoms with van der Waals surface area (Å²) in [5.74, 6) is 0.951. The van der Waals surface area contributed by atoms with Gasteiger partial charge in [0.2, 0.25) is 0 Å². The van der Waals surface area contributed by atoms with E-state index >= 15 is 0 Å². The van der Waals surface area contributed by atoms with E-state index < -0.39 is 5.97 Å². The minimum Gasteiger partial charge on any atom is -0.497 e. The predicted octanol–water partition coefficient (Wildman–Crippen LogP) is 2.53. The largest absolute Gasteiger partial charge is 0.497 e. The number of piperazine rings is 1. The van der Waals surface area contributed by atoms with E-state index in [2.05, 4.69) is 22.8 Å². The van der Waals surface area contributed by atoms with Crippen molar-refractivity contribution < 1.29 is 24.1 Å². The molecule has 0 radical (unpaired) electrons. The molecule has 1 aromatic rings. The summed E-state index contributed by atoms with van der Waals surface area (Å²) in [6.07, 6.45) is 4.25. The number of aryl methyl sites for hydroxylation is 1. The zero-order valence-electron chi connectivity index (χ0n) is 17.9. The number of benzene rings is 1. The fourth-order valence-electron chi connectivity index (χ4n) is 3.50. The first-order chi connectivity index (χ1) is 14.1. The number of rotatable bonds is 14. The van der Waals surface area contributed by atoms with Gasteiger partial charge < -0.3 is 24.2 Å². The maximum absolute atomic E-state index is 10.4. The Kier molecular flexibility index (Phi) is 10.8. The molecule has 1 aromatic carbocycles. The normalized spacial score (nSPS) is 15.4. The van der Waals surface area contributed by atoms with Crippen molar-refractivity contribution in [3.05, 3.63) is 23.8 Å². The number of carbonyl (C=O) groups is 1. The molecule has 0 bridgehead atoms. The van der Waals surface area contributed by atoms with Crippen molar-refractivity contribution in [3.8, 4) is 11.5 Å². The number of ether oxygens (including phenoxy) is 3. The van der Waals surface area contributed by atoms with E-state index in [1.54, 1.807) is 7.11 Å². The molecule has 1 aliphatic heterocycles. The first-order valence-corrected chi connectivity index (χ1v) is 10.7. The Morgan fingerprint density at radius 1 is 1.07 bits per heavy atom.